The summed E-state index contributed by atoms with van der Waals surface area (Å²) >= 11 is 0. The van der Waals surface area contributed by atoms with Crippen molar-refractivity contribution in [1.82, 2.24) is 4.90 Å². The number of carboxylic acids is 1. The Labute approximate surface area is 147 Å². The van der Waals surface area contributed by atoms with E-state index in [0.29, 0.717) is 0 Å². The van der Waals surface area contributed by atoms with E-state index in [9.17, 15) is 4.79 Å². The van der Waals surface area contributed by atoms with E-state index in [2.05, 4.69) is 17.0 Å². The van der Waals surface area contributed by atoms with Gasteiger partial charge in [-0.1, -0.05) is 12.1 Å². The molecule has 1 heterocycles. The number of nitrogens with zero attached hydrogens (tertiary/aromatic N) is 1. The Kier molecular flexibility index (Phi) is 5.56. The number of rotatable bonds is 6. The summed E-state index contributed by atoms with van der Waals surface area (Å²) in [4.78, 5) is 13.3. The Bertz CT molecular complexity index is 689. The Balaban J connectivity index is 1.47. The normalized spacial score (nSPS) is 15.7. The predicted molar refractivity (Wildman–Crippen MR) is 95.3 cm³/mol. The summed E-state index contributed by atoms with van der Waals surface area (Å²) in [5, 5.41) is 8.92. The quantitative estimate of drug-likeness (QED) is 0.872. The lowest BCUT2D eigenvalue weighted by Crippen LogP contribution is -2.37. The van der Waals surface area contributed by atoms with Gasteiger partial charge in [-0.2, -0.15) is 0 Å². The first-order valence-electron chi connectivity index (χ1n) is 8.49. The number of likely N-dealkylation sites (tertiary alicyclic amines) is 1. The van der Waals surface area contributed by atoms with Gasteiger partial charge < -0.3 is 14.6 Å². The fourth-order valence-corrected chi connectivity index (χ4v) is 3.04. The second-order valence-electron chi connectivity index (χ2n) is 6.27. The van der Waals surface area contributed by atoms with Crippen molar-refractivity contribution >= 4 is 5.97 Å². The highest BCUT2D eigenvalue weighted by Gasteiger charge is 2.20. The molecule has 0 amide bonds. The Morgan fingerprint density at radius 1 is 1.04 bits per heavy atom. The first-order chi connectivity index (χ1) is 12.1. The van der Waals surface area contributed by atoms with E-state index in [1.165, 1.54) is 5.56 Å². The molecule has 1 saturated heterocycles. The van der Waals surface area contributed by atoms with Crippen LogP contribution in [0.15, 0.2) is 48.5 Å². The van der Waals surface area contributed by atoms with Crippen LogP contribution in [0, 0.1) is 0 Å². The molecule has 0 radical (unpaired) electrons. The summed E-state index contributed by atoms with van der Waals surface area (Å²) in [5.74, 6) is 0.696. The van der Waals surface area contributed by atoms with Crippen molar-refractivity contribution in [3.63, 3.8) is 0 Å². The molecule has 25 heavy (non-hydrogen) atoms. The van der Waals surface area contributed by atoms with Crippen LogP contribution in [0.2, 0.25) is 0 Å². The molecule has 2 aromatic carbocycles. The minimum Gasteiger partial charge on any atom is -0.497 e. The molecule has 0 unspecified atom stereocenters. The van der Waals surface area contributed by atoms with Crippen LogP contribution < -0.4 is 9.47 Å². The van der Waals surface area contributed by atoms with Crippen molar-refractivity contribution in [2.24, 2.45) is 0 Å². The van der Waals surface area contributed by atoms with Gasteiger partial charge in [0, 0.05) is 19.6 Å². The third kappa shape index (κ3) is 4.73. The molecule has 0 bridgehead atoms. The average molecular weight is 341 g/mol. The lowest BCUT2D eigenvalue weighted by atomic mass is 10.1. The number of carboxylic acid groups (broad SMARTS) is 1. The van der Waals surface area contributed by atoms with Gasteiger partial charge in [-0.25, -0.2) is 4.79 Å². The van der Waals surface area contributed by atoms with Crippen LogP contribution in [0.3, 0.4) is 0 Å². The number of methoxy groups -OCH3 is 1. The molecule has 0 saturated carbocycles. The smallest absolute Gasteiger partial charge is 0.335 e. The Morgan fingerprint density at radius 2 is 1.64 bits per heavy atom. The van der Waals surface area contributed by atoms with Crippen molar-refractivity contribution in [2.75, 3.05) is 20.2 Å². The number of aromatic carboxylic acids is 1. The monoisotopic (exact) mass is 341 g/mol. The molecule has 1 fully saturated rings. The van der Waals surface area contributed by atoms with E-state index in [-0.39, 0.29) is 11.7 Å². The molecular formula is C20H23NO4. The molecule has 1 N–H and O–H groups in total. The first kappa shape index (κ1) is 17.3. The predicted octanol–water partition coefficient (Wildman–Crippen LogP) is 3.44. The molecular weight excluding hydrogens is 318 g/mol. The second kappa shape index (κ2) is 8.03. The van der Waals surface area contributed by atoms with Gasteiger partial charge in [0.2, 0.25) is 0 Å². The fourth-order valence-electron chi connectivity index (χ4n) is 3.04. The van der Waals surface area contributed by atoms with E-state index >= 15 is 0 Å². The van der Waals surface area contributed by atoms with Gasteiger partial charge in [0.25, 0.3) is 0 Å². The van der Waals surface area contributed by atoms with E-state index in [1.807, 2.05) is 12.1 Å². The largest absolute Gasteiger partial charge is 0.497 e. The van der Waals surface area contributed by atoms with Gasteiger partial charge >= 0.3 is 5.97 Å². The molecule has 0 atom stereocenters. The maximum atomic E-state index is 10.9. The van der Waals surface area contributed by atoms with E-state index in [4.69, 9.17) is 14.6 Å². The van der Waals surface area contributed by atoms with Crippen molar-refractivity contribution in [3.8, 4) is 11.5 Å². The van der Waals surface area contributed by atoms with Gasteiger partial charge in [0.05, 0.1) is 12.7 Å². The average Bonchev–Trinajstić information content (AvgIpc) is 2.64. The highest BCUT2D eigenvalue weighted by molar-refractivity contribution is 5.87. The van der Waals surface area contributed by atoms with E-state index in [0.717, 1.165) is 44.0 Å². The maximum absolute atomic E-state index is 10.9. The van der Waals surface area contributed by atoms with Crippen LogP contribution >= 0.6 is 0 Å². The van der Waals surface area contributed by atoms with Crippen LogP contribution in [0.5, 0.6) is 11.5 Å². The number of benzene rings is 2. The molecule has 2 aromatic rings. The van der Waals surface area contributed by atoms with Crippen molar-refractivity contribution < 1.29 is 19.4 Å². The zero-order chi connectivity index (χ0) is 17.6. The minimum absolute atomic E-state index is 0.183. The van der Waals surface area contributed by atoms with Crippen molar-refractivity contribution in [3.05, 3.63) is 59.7 Å². The SMILES string of the molecule is COc1ccc(CN2CCC(Oc3ccc(C(=O)O)cc3)CC2)cc1. The van der Waals surface area contributed by atoms with Gasteiger partial charge in [-0.15, -0.1) is 0 Å². The van der Waals surface area contributed by atoms with Gasteiger partial charge in [-0.05, 0) is 54.8 Å². The van der Waals surface area contributed by atoms with Gasteiger partial charge in [0.1, 0.15) is 17.6 Å². The molecule has 0 aliphatic carbocycles. The molecule has 5 heteroatoms. The van der Waals surface area contributed by atoms with Crippen LogP contribution in [-0.2, 0) is 6.54 Å². The number of piperidine rings is 1. The van der Waals surface area contributed by atoms with E-state index in [1.54, 1.807) is 31.4 Å². The summed E-state index contributed by atoms with van der Waals surface area (Å²) in [5.41, 5.74) is 1.56. The summed E-state index contributed by atoms with van der Waals surface area (Å²) in [6.45, 7) is 2.91. The molecule has 132 valence electrons. The molecule has 5 nitrogen and oxygen atoms in total. The summed E-state index contributed by atoms with van der Waals surface area (Å²) < 4.78 is 11.2. The highest BCUT2D eigenvalue weighted by atomic mass is 16.5. The molecule has 0 spiro atoms. The third-order valence-corrected chi connectivity index (χ3v) is 4.50. The number of hydrogen-bond acceptors (Lipinski definition) is 4. The number of ether oxygens (including phenoxy) is 2. The number of hydrogen-bond donors (Lipinski definition) is 1. The van der Waals surface area contributed by atoms with Gasteiger partial charge in [0.15, 0.2) is 0 Å². The van der Waals surface area contributed by atoms with E-state index < -0.39 is 5.97 Å². The lowest BCUT2D eigenvalue weighted by molar-refractivity contribution is 0.0696. The van der Waals surface area contributed by atoms with Crippen LogP contribution in [0.4, 0.5) is 0 Å². The van der Waals surface area contributed by atoms with Crippen LogP contribution in [0.25, 0.3) is 0 Å². The Hall–Kier alpha value is -2.53. The summed E-state index contributed by atoms with van der Waals surface area (Å²) in [7, 11) is 1.68. The topological polar surface area (TPSA) is 59.0 Å². The Morgan fingerprint density at radius 3 is 2.20 bits per heavy atom. The first-order valence-corrected chi connectivity index (χ1v) is 8.49. The third-order valence-electron chi connectivity index (χ3n) is 4.50. The highest BCUT2D eigenvalue weighted by Crippen LogP contribution is 2.21. The number of carbonyl (C=O) groups is 1. The molecule has 1 aliphatic rings. The second-order valence-corrected chi connectivity index (χ2v) is 6.27. The van der Waals surface area contributed by atoms with Crippen LogP contribution in [0.1, 0.15) is 28.8 Å². The van der Waals surface area contributed by atoms with Gasteiger partial charge in [-0.3, -0.25) is 4.90 Å². The minimum atomic E-state index is -0.918. The molecule has 1 aliphatic heterocycles. The zero-order valence-corrected chi connectivity index (χ0v) is 14.4. The standard InChI is InChI=1S/C20H23NO4/c1-24-17-6-2-15(3-7-17)14-21-12-10-19(11-13-21)25-18-8-4-16(5-9-18)20(22)23/h2-9,19H,10-14H2,1H3,(H,22,23). The zero-order valence-electron chi connectivity index (χ0n) is 14.4. The molecule has 3 rings (SSSR count). The molecule has 0 aromatic heterocycles. The maximum Gasteiger partial charge on any atom is 0.335 e. The lowest BCUT2D eigenvalue weighted by Gasteiger charge is -2.32. The van der Waals surface area contributed by atoms with Crippen molar-refractivity contribution in [2.45, 2.75) is 25.5 Å². The van der Waals surface area contributed by atoms with Crippen LogP contribution in [-0.4, -0.2) is 42.3 Å². The summed E-state index contributed by atoms with van der Waals surface area (Å²) in [6.07, 6.45) is 2.12. The fraction of sp³-hybridized carbons (Fsp3) is 0.350. The summed E-state index contributed by atoms with van der Waals surface area (Å²) in [6, 6.07) is 14.8. The van der Waals surface area contributed by atoms with Crippen molar-refractivity contribution in [1.29, 1.82) is 0 Å².